The van der Waals surface area contributed by atoms with E-state index in [1.54, 1.807) is 4.90 Å². The predicted octanol–water partition coefficient (Wildman–Crippen LogP) is 1.01. The number of rotatable bonds is 3. The standard InChI is InChI=1S/C19H25N3O3/c23-17-10-5-4-9-15(21-17)19(25)22-12-6-11-20-18(24)16(22)13-14-7-2-1-3-8-14/h1-3,7-8,15-16H,4-6,9-13H2,(H,20,24)(H,21,23)/t15-,16-/m1/s1. The molecule has 3 amide bonds. The molecule has 1 aromatic carbocycles. The van der Waals surface area contributed by atoms with Gasteiger partial charge in [0.05, 0.1) is 0 Å². The average molecular weight is 343 g/mol. The van der Waals surface area contributed by atoms with Crippen molar-refractivity contribution in [2.75, 3.05) is 13.1 Å². The summed E-state index contributed by atoms with van der Waals surface area (Å²) in [5, 5.41) is 5.74. The van der Waals surface area contributed by atoms with E-state index < -0.39 is 12.1 Å². The Kier molecular flexibility index (Phi) is 5.68. The van der Waals surface area contributed by atoms with Crippen molar-refractivity contribution in [2.24, 2.45) is 0 Å². The normalized spacial score (nSPS) is 24.7. The van der Waals surface area contributed by atoms with Gasteiger partial charge in [0.15, 0.2) is 0 Å². The van der Waals surface area contributed by atoms with Gasteiger partial charge in [0, 0.05) is 25.9 Å². The lowest BCUT2D eigenvalue weighted by Gasteiger charge is -2.31. The lowest BCUT2D eigenvalue weighted by molar-refractivity contribution is -0.142. The van der Waals surface area contributed by atoms with Gasteiger partial charge in [0.25, 0.3) is 0 Å². The second-order valence-corrected chi connectivity index (χ2v) is 6.75. The Morgan fingerprint density at radius 1 is 1.12 bits per heavy atom. The molecule has 6 nitrogen and oxygen atoms in total. The molecule has 0 spiro atoms. The van der Waals surface area contributed by atoms with E-state index in [9.17, 15) is 14.4 Å². The Morgan fingerprint density at radius 3 is 2.72 bits per heavy atom. The first-order valence-electron chi connectivity index (χ1n) is 9.06. The van der Waals surface area contributed by atoms with Crippen LogP contribution in [0.4, 0.5) is 0 Å². The van der Waals surface area contributed by atoms with Crippen molar-refractivity contribution in [1.29, 1.82) is 0 Å². The third kappa shape index (κ3) is 4.38. The number of hydrogen-bond acceptors (Lipinski definition) is 3. The Labute approximate surface area is 148 Å². The van der Waals surface area contributed by atoms with Crippen molar-refractivity contribution in [3.63, 3.8) is 0 Å². The highest BCUT2D eigenvalue weighted by Crippen LogP contribution is 2.17. The van der Waals surface area contributed by atoms with Crippen molar-refractivity contribution in [1.82, 2.24) is 15.5 Å². The van der Waals surface area contributed by atoms with E-state index in [1.165, 1.54) is 0 Å². The highest BCUT2D eigenvalue weighted by Gasteiger charge is 2.35. The molecule has 0 aromatic heterocycles. The SMILES string of the molecule is O=C1CCCC[C@H](C(=O)N2CCCNC(=O)[C@H]2Cc2ccccc2)N1. The summed E-state index contributed by atoms with van der Waals surface area (Å²) < 4.78 is 0. The zero-order valence-corrected chi connectivity index (χ0v) is 14.4. The molecule has 2 N–H and O–H groups in total. The third-order valence-electron chi connectivity index (χ3n) is 4.89. The van der Waals surface area contributed by atoms with Crippen LogP contribution in [0.3, 0.4) is 0 Å². The van der Waals surface area contributed by atoms with Crippen LogP contribution in [0.25, 0.3) is 0 Å². The fraction of sp³-hybridized carbons (Fsp3) is 0.526. The summed E-state index contributed by atoms with van der Waals surface area (Å²) in [6.07, 6.45) is 3.98. The molecule has 2 aliphatic rings. The summed E-state index contributed by atoms with van der Waals surface area (Å²) in [7, 11) is 0. The molecule has 0 radical (unpaired) electrons. The third-order valence-corrected chi connectivity index (χ3v) is 4.89. The van der Waals surface area contributed by atoms with Gasteiger partial charge in [-0.15, -0.1) is 0 Å². The highest BCUT2D eigenvalue weighted by atomic mass is 16.2. The first-order chi connectivity index (χ1) is 12.1. The molecule has 0 aliphatic carbocycles. The van der Waals surface area contributed by atoms with Gasteiger partial charge in [-0.05, 0) is 24.8 Å². The minimum Gasteiger partial charge on any atom is -0.354 e. The van der Waals surface area contributed by atoms with Crippen molar-refractivity contribution in [3.8, 4) is 0 Å². The molecule has 0 unspecified atom stereocenters. The first kappa shape index (κ1) is 17.5. The maximum atomic E-state index is 13.1. The molecule has 2 saturated heterocycles. The zero-order chi connectivity index (χ0) is 17.6. The van der Waals surface area contributed by atoms with Crippen molar-refractivity contribution in [2.45, 2.75) is 50.6 Å². The van der Waals surface area contributed by atoms with E-state index in [-0.39, 0.29) is 17.7 Å². The smallest absolute Gasteiger partial charge is 0.245 e. The fourth-order valence-electron chi connectivity index (χ4n) is 3.54. The van der Waals surface area contributed by atoms with E-state index in [0.717, 1.165) is 24.8 Å². The summed E-state index contributed by atoms with van der Waals surface area (Å²) in [6, 6.07) is 8.68. The summed E-state index contributed by atoms with van der Waals surface area (Å²) >= 11 is 0. The van der Waals surface area contributed by atoms with E-state index >= 15 is 0 Å². The first-order valence-corrected chi connectivity index (χ1v) is 9.06. The minimum absolute atomic E-state index is 0.0743. The Morgan fingerprint density at radius 2 is 1.92 bits per heavy atom. The Balaban J connectivity index is 1.80. The molecule has 2 fully saturated rings. The molecule has 6 heteroatoms. The van der Waals surface area contributed by atoms with Gasteiger partial charge in [-0.1, -0.05) is 36.8 Å². The molecular weight excluding hydrogens is 318 g/mol. The van der Waals surface area contributed by atoms with Crippen LogP contribution in [0.5, 0.6) is 0 Å². The van der Waals surface area contributed by atoms with Gasteiger partial charge in [0.2, 0.25) is 17.7 Å². The van der Waals surface area contributed by atoms with Gasteiger partial charge in [-0.3, -0.25) is 14.4 Å². The van der Waals surface area contributed by atoms with Crippen LogP contribution >= 0.6 is 0 Å². The lowest BCUT2D eigenvalue weighted by atomic mass is 10.0. The maximum absolute atomic E-state index is 13.1. The van der Waals surface area contributed by atoms with Crippen molar-refractivity contribution < 1.29 is 14.4 Å². The Bertz CT molecular complexity index is 632. The lowest BCUT2D eigenvalue weighted by Crippen LogP contribution is -2.55. The van der Waals surface area contributed by atoms with E-state index in [4.69, 9.17) is 0 Å². The zero-order valence-electron chi connectivity index (χ0n) is 14.4. The topological polar surface area (TPSA) is 78.5 Å². The van der Waals surface area contributed by atoms with Crippen LogP contribution in [0, 0.1) is 0 Å². The predicted molar refractivity (Wildman–Crippen MR) is 93.7 cm³/mol. The molecule has 3 rings (SSSR count). The maximum Gasteiger partial charge on any atom is 0.245 e. The highest BCUT2D eigenvalue weighted by molar-refractivity contribution is 5.92. The number of amides is 3. The molecule has 0 bridgehead atoms. The number of carbonyl (C=O) groups excluding carboxylic acids is 3. The summed E-state index contributed by atoms with van der Waals surface area (Å²) in [4.78, 5) is 39.1. The monoisotopic (exact) mass is 343 g/mol. The van der Waals surface area contributed by atoms with Crippen LogP contribution in [0.1, 0.15) is 37.7 Å². The number of benzene rings is 1. The molecule has 25 heavy (non-hydrogen) atoms. The number of nitrogens with one attached hydrogen (secondary N) is 2. The molecule has 2 aliphatic heterocycles. The van der Waals surface area contributed by atoms with E-state index in [0.29, 0.717) is 32.4 Å². The summed E-state index contributed by atoms with van der Waals surface area (Å²) in [5.41, 5.74) is 1.02. The van der Waals surface area contributed by atoms with Crippen LogP contribution in [0.2, 0.25) is 0 Å². The quantitative estimate of drug-likeness (QED) is 0.860. The molecule has 2 heterocycles. The Hall–Kier alpha value is -2.37. The van der Waals surface area contributed by atoms with Gasteiger partial charge >= 0.3 is 0 Å². The van der Waals surface area contributed by atoms with Crippen LogP contribution in [0.15, 0.2) is 30.3 Å². The van der Waals surface area contributed by atoms with Gasteiger partial charge in [-0.25, -0.2) is 0 Å². The number of hydrogen-bond donors (Lipinski definition) is 2. The molecule has 134 valence electrons. The molecule has 2 atom stereocenters. The molecule has 0 saturated carbocycles. The number of nitrogens with zero attached hydrogens (tertiary/aromatic N) is 1. The molecule has 1 aromatic rings. The van der Waals surface area contributed by atoms with Gasteiger partial charge in [-0.2, -0.15) is 0 Å². The fourth-order valence-corrected chi connectivity index (χ4v) is 3.54. The largest absolute Gasteiger partial charge is 0.354 e. The average Bonchev–Trinajstić information content (AvgIpc) is 2.94. The van der Waals surface area contributed by atoms with Crippen LogP contribution in [-0.2, 0) is 20.8 Å². The second kappa shape index (κ2) is 8.14. The molecular formula is C19H25N3O3. The van der Waals surface area contributed by atoms with E-state index in [1.807, 2.05) is 30.3 Å². The van der Waals surface area contributed by atoms with Crippen molar-refractivity contribution >= 4 is 17.7 Å². The van der Waals surface area contributed by atoms with Crippen LogP contribution in [-0.4, -0.2) is 47.8 Å². The van der Waals surface area contributed by atoms with Gasteiger partial charge < -0.3 is 15.5 Å². The summed E-state index contributed by atoms with van der Waals surface area (Å²) in [6.45, 7) is 1.10. The van der Waals surface area contributed by atoms with E-state index in [2.05, 4.69) is 10.6 Å². The summed E-state index contributed by atoms with van der Waals surface area (Å²) in [5.74, 6) is -0.322. The van der Waals surface area contributed by atoms with Crippen LogP contribution < -0.4 is 10.6 Å². The number of carbonyl (C=O) groups is 3. The van der Waals surface area contributed by atoms with Crippen molar-refractivity contribution in [3.05, 3.63) is 35.9 Å². The van der Waals surface area contributed by atoms with Gasteiger partial charge in [0.1, 0.15) is 12.1 Å². The minimum atomic E-state index is -0.530. The second-order valence-electron chi connectivity index (χ2n) is 6.75.